The predicted molar refractivity (Wildman–Crippen MR) is 92.8 cm³/mol. The molecule has 2 atom stereocenters. The van der Waals surface area contributed by atoms with Crippen molar-refractivity contribution in [3.63, 3.8) is 0 Å². The number of amides is 2. The van der Waals surface area contributed by atoms with E-state index in [1.807, 2.05) is 5.32 Å². The molecule has 0 aromatic carbocycles. The molecular weight excluding hydrogens is 438 g/mol. The van der Waals surface area contributed by atoms with Gasteiger partial charge in [0.05, 0.1) is 7.11 Å². The largest absolute Gasteiger partial charge is 0.479 e. The van der Waals surface area contributed by atoms with E-state index in [0.717, 1.165) is 18.4 Å². The van der Waals surface area contributed by atoms with Gasteiger partial charge in [-0.05, 0) is 0 Å². The second kappa shape index (κ2) is 8.37. The SMILES string of the molecule is COC(=O)[C@@H]1[C@H](NC(=O)/C(=N\OCC(=O)O)c2csc(N)n2)C(=O)N1S(=O)(=O)O. The standard InChI is InChI=1S/C12H13N5O10S2/c1-26-11(22)8-7(10(21)17(8)29(23,24)25)15-9(20)6(16-27-2-5(18)19)4-3-28-12(13)14-4/h3,7-8H,2H2,1H3,(H2,13,14)(H,15,20)(H,18,19)(H,23,24,25)/b16-6-/t7-,8-/m0/s1. The summed E-state index contributed by atoms with van der Waals surface area (Å²) in [6.45, 7) is -0.903. The molecule has 1 aromatic rings. The van der Waals surface area contributed by atoms with E-state index < -0.39 is 58.5 Å². The van der Waals surface area contributed by atoms with Crippen molar-refractivity contribution >= 4 is 56.2 Å². The highest BCUT2D eigenvalue weighted by Gasteiger charge is 2.58. The lowest BCUT2D eigenvalue weighted by Crippen LogP contribution is -2.74. The smallest absolute Gasteiger partial charge is 0.363 e. The molecule has 1 fully saturated rings. The van der Waals surface area contributed by atoms with Gasteiger partial charge in [-0.15, -0.1) is 11.3 Å². The minimum atomic E-state index is -5.10. The number of nitrogens with one attached hydrogen (secondary N) is 1. The van der Waals surface area contributed by atoms with Crippen LogP contribution in [0, 0.1) is 0 Å². The van der Waals surface area contributed by atoms with E-state index in [4.69, 9.17) is 15.4 Å². The summed E-state index contributed by atoms with van der Waals surface area (Å²) >= 11 is 0.914. The minimum absolute atomic E-state index is 0.0310. The highest BCUT2D eigenvalue weighted by atomic mass is 32.2. The van der Waals surface area contributed by atoms with Gasteiger partial charge in [0.2, 0.25) is 6.61 Å². The lowest BCUT2D eigenvalue weighted by Gasteiger charge is -2.41. The van der Waals surface area contributed by atoms with Crippen molar-refractivity contribution in [3.8, 4) is 0 Å². The third-order valence-corrected chi connectivity index (χ3v) is 4.93. The van der Waals surface area contributed by atoms with Crippen LogP contribution in [0.5, 0.6) is 0 Å². The summed E-state index contributed by atoms with van der Waals surface area (Å²) in [7, 11) is -4.20. The van der Waals surface area contributed by atoms with Crippen LogP contribution in [0.3, 0.4) is 0 Å². The molecular formula is C12H13N5O10S2. The Morgan fingerprint density at radius 1 is 1.45 bits per heavy atom. The first-order valence-electron chi connectivity index (χ1n) is 7.29. The van der Waals surface area contributed by atoms with Gasteiger partial charge in [0.15, 0.2) is 16.9 Å². The Balaban J connectivity index is 2.28. The van der Waals surface area contributed by atoms with E-state index in [9.17, 15) is 27.6 Å². The number of ether oxygens (including phenoxy) is 1. The maximum atomic E-state index is 12.5. The van der Waals surface area contributed by atoms with Gasteiger partial charge in [-0.2, -0.15) is 12.7 Å². The number of carbonyl (C=O) groups excluding carboxylic acids is 3. The molecule has 158 valence electrons. The van der Waals surface area contributed by atoms with Gasteiger partial charge < -0.3 is 25.7 Å². The zero-order valence-electron chi connectivity index (χ0n) is 14.3. The Hall–Kier alpha value is -3.31. The second-order valence-corrected chi connectivity index (χ2v) is 7.39. The number of carboxylic acids is 1. The number of oxime groups is 1. The summed E-state index contributed by atoms with van der Waals surface area (Å²) in [4.78, 5) is 55.1. The molecule has 1 saturated heterocycles. The highest BCUT2D eigenvalue weighted by Crippen LogP contribution is 2.25. The first-order chi connectivity index (χ1) is 13.5. The highest BCUT2D eigenvalue weighted by molar-refractivity contribution is 7.84. The third kappa shape index (κ3) is 4.76. The number of hydrogen-bond acceptors (Lipinski definition) is 12. The molecule has 1 aromatic heterocycles. The Morgan fingerprint density at radius 3 is 2.59 bits per heavy atom. The molecule has 0 aliphatic carbocycles. The average molecular weight is 451 g/mol. The summed E-state index contributed by atoms with van der Waals surface area (Å²) in [5, 5.41) is 15.3. The molecule has 1 aliphatic heterocycles. The van der Waals surface area contributed by atoms with Crippen molar-refractivity contribution < 1.29 is 46.8 Å². The number of nitrogens with two attached hydrogens (primary N) is 1. The Bertz CT molecular complexity index is 987. The normalized spacial score (nSPS) is 19.3. The number of aromatic nitrogens is 1. The molecule has 2 heterocycles. The predicted octanol–water partition coefficient (Wildman–Crippen LogP) is -2.80. The molecule has 5 N–H and O–H groups in total. The van der Waals surface area contributed by atoms with Crippen LogP contribution in [0.1, 0.15) is 5.69 Å². The van der Waals surface area contributed by atoms with Gasteiger partial charge in [0, 0.05) is 5.38 Å². The summed E-state index contributed by atoms with van der Waals surface area (Å²) in [6.07, 6.45) is 0. The van der Waals surface area contributed by atoms with E-state index in [-0.39, 0.29) is 15.1 Å². The summed E-state index contributed by atoms with van der Waals surface area (Å²) in [5.41, 5.74) is 4.74. The molecule has 0 saturated carbocycles. The average Bonchev–Trinajstić information content (AvgIpc) is 3.04. The van der Waals surface area contributed by atoms with Crippen LogP contribution < -0.4 is 11.1 Å². The van der Waals surface area contributed by atoms with Gasteiger partial charge in [0.25, 0.3) is 11.8 Å². The molecule has 15 nitrogen and oxygen atoms in total. The number of nitrogen functional groups attached to an aromatic ring is 1. The number of nitrogens with zero attached hydrogens (tertiary/aromatic N) is 3. The van der Waals surface area contributed by atoms with E-state index in [0.29, 0.717) is 0 Å². The fraction of sp³-hybridized carbons (Fsp3) is 0.333. The van der Waals surface area contributed by atoms with E-state index in [1.54, 1.807) is 0 Å². The second-order valence-electron chi connectivity index (χ2n) is 5.21. The molecule has 2 amide bonds. The van der Waals surface area contributed by atoms with Crippen molar-refractivity contribution in [2.24, 2.45) is 5.16 Å². The number of carbonyl (C=O) groups is 4. The Morgan fingerprint density at radius 2 is 2.10 bits per heavy atom. The van der Waals surface area contributed by atoms with Crippen LogP contribution >= 0.6 is 11.3 Å². The number of carboxylic acid groups (broad SMARTS) is 1. The fourth-order valence-electron chi connectivity index (χ4n) is 2.18. The summed E-state index contributed by atoms with van der Waals surface area (Å²) in [5.74, 6) is -5.11. The number of aliphatic carboxylic acids is 1. The maximum Gasteiger partial charge on any atom is 0.363 e. The van der Waals surface area contributed by atoms with Crippen molar-refractivity contribution in [3.05, 3.63) is 11.1 Å². The van der Waals surface area contributed by atoms with Crippen molar-refractivity contribution in [2.75, 3.05) is 19.5 Å². The van der Waals surface area contributed by atoms with Gasteiger partial charge in [-0.1, -0.05) is 5.16 Å². The first-order valence-corrected chi connectivity index (χ1v) is 9.57. The first kappa shape index (κ1) is 22.0. The van der Waals surface area contributed by atoms with Gasteiger partial charge in [-0.3, -0.25) is 14.1 Å². The molecule has 17 heteroatoms. The van der Waals surface area contributed by atoms with E-state index in [2.05, 4.69) is 19.7 Å². The number of thiazole rings is 1. The minimum Gasteiger partial charge on any atom is -0.479 e. The fourth-order valence-corrected chi connectivity index (χ4v) is 3.56. The Kier molecular flexibility index (Phi) is 6.34. The van der Waals surface area contributed by atoms with Crippen LogP contribution in [0.25, 0.3) is 0 Å². The van der Waals surface area contributed by atoms with Gasteiger partial charge >= 0.3 is 22.2 Å². The number of anilines is 1. The van der Waals surface area contributed by atoms with E-state index in [1.165, 1.54) is 5.38 Å². The number of β-lactam (4-membered cyclic amide) rings is 1. The lowest BCUT2D eigenvalue weighted by atomic mass is 9.98. The quantitative estimate of drug-likeness (QED) is 0.103. The number of hydrogen-bond donors (Lipinski definition) is 4. The number of esters is 1. The lowest BCUT2D eigenvalue weighted by molar-refractivity contribution is -0.162. The van der Waals surface area contributed by atoms with Crippen LogP contribution in [-0.4, -0.2) is 82.6 Å². The third-order valence-electron chi connectivity index (χ3n) is 3.35. The van der Waals surface area contributed by atoms with E-state index >= 15 is 0 Å². The van der Waals surface area contributed by atoms with Crippen LogP contribution in [0.4, 0.5) is 5.13 Å². The van der Waals surface area contributed by atoms with Crippen molar-refractivity contribution in [1.82, 2.24) is 14.6 Å². The molecule has 0 spiro atoms. The molecule has 2 rings (SSSR count). The van der Waals surface area contributed by atoms with Crippen molar-refractivity contribution in [2.45, 2.75) is 12.1 Å². The molecule has 29 heavy (non-hydrogen) atoms. The summed E-state index contributed by atoms with van der Waals surface area (Å²) in [6, 6.07) is -3.59. The van der Waals surface area contributed by atoms with Gasteiger partial charge in [-0.25, -0.2) is 14.6 Å². The summed E-state index contributed by atoms with van der Waals surface area (Å²) < 4.78 is 35.8. The number of methoxy groups -OCH3 is 1. The van der Waals surface area contributed by atoms with Gasteiger partial charge in [0.1, 0.15) is 11.7 Å². The topological polar surface area (TPSA) is 228 Å². The monoisotopic (exact) mass is 451 g/mol. The molecule has 0 radical (unpaired) electrons. The molecule has 1 aliphatic rings. The molecule has 0 unspecified atom stereocenters. The van der Waals surface area contributed by atoms with Crippen LogP contribution in [0.2, 0.25) is 0 Å². The van der Waals surface area contributed by atoms with Crippen LogP contribution in [-0.2, 0) is 39.1 Å². The zero-order valence-corrected chi connectivity index (χ0v) is 16.0. The van der Waals surface area contributed by atoms with Crippen molar-refractivity contribution in [1.29, 1.82) is 0 Å². The number of rotatable bonds is 8. The molecule has 0 bridgehead atoms. The zero-order chi connectivity index (χ0) is 21.9. The van der Waals surface area contributed by atoms with Crippen LogP contribution in [0.15, 0.2) is 10.5 Å². The maximum absolute atomic E-state index is 12.5. The Labute approximate surface area is 166 Å².